The predicted octanol–water partition coefficient (Wildman–Crippen LogP) is 5.57. The van der Waals surface area contributed by atoms with E-state index in [0.29, 0.717) is 34.0 Å². The van der Waals surface area contributed by atoms with Crippen molar-refractivity contribution in [2.75, 3.05) is 12.4 Å². The van der Waals surface area contributed by atoms with E-state index >= 15 is 0 Å². The number of benzene rings is 3. The fourth-order valence-corrected chi connectivity index (χ4v) is 4.36. The maximum atomic E-state index is 13.0. The minimum Gasteiger partial charge on any atom is -0.339 e. The highest BCUT2D eigenvalue weighted by Gasteiger charge is 2.23. The zero-order valence-electron chi connectivity index (χ0n) is 18.8. The first kappa shape index (κ1) is 22.5. The van der Waals surface area contributed by atoms with Crippen molar-refractivity contribution in [1.29, 1.82) is 0 Å². The number of anilines is 1. The average Bonchev–Trinajstić information content (AvgIpc) is 2.89. The van der Waals surface area contributed by atoms with Crippen LogP contribution < -0.4 is 5.32 Å². The van der Waals surface area contributed by atoms with Crippen molar-refractivity contribution in [1.82, 2.24) is 4.90 Å². The van der Waals surface area contributed by atoms with Crippen LogP contribution in [0, 0.1) is 0 Å². The van der Waals surface area contributed by atoms with E-state index in [1.807, 2.05) is 18.0 Å². The minimum absolute atomic E-state index is 0.00131. The highest BCUT2D eigenvalue weighted by Crippen LogP contribution is 2.23. The lowest BCUT2D eigenvalue weighted by Gasteiger charge is -2.31. The van der Waals surface area contributed by atoms with Gasteiger partial charge in [-0.2, -0.15) is 0 Å². The van der Waals surface area contributed by atoms with Crippen molar-refractivity contribution < 1.29 is 14.4 Å². The van der Waals surface area contributed by atoms with Gasteiger partial charge in [-0.25, -0.2) is 0 Å². The summed E-state index contributed by atoms with van der Waals surface area (Å²) < 4.78 is 0. The molecule has 1 fully saturated rings. The Labute approximate surface area is 194 Å². The lowest BCUT2D eigenvalue weighted by Crippen LogP contribution is -2.38. The molecule has 0 spiro atoms. The number of hydrogen-bond acceptors (Lipinski definition) is 3. The van der Waals surface area contributed by atoms with Crippen LogP contribution in [-0.4, -0.2) is 35.6 Å². The van der Waals surface area contributed by atoms with Crippen molar-refractivity contribution in [3.8, 4) is 0 Å². The van der Waals surface area contributed by atoms with Crippen molar-refractivity contribution in [3.05, 3.63) is 101 Å². The maximum Gasteiger partial charge on any atom is 0.256 e. The molecule has 1 saturated carbocycles. The lowest BCUT2D eigenvalue weighted by atomic mass is 9.94. The van der Waals surface area contributed by atoms with E-state index in [1.54, 1.807) is 72.8 Å². The second-order valence-corrected chi connectivity index (χ2v) is 8.48. The smallest absolute Gasteiger partial charge is 0.256 e. The summed E-state index contributed by atoms with van der Waals surface area (Å²) in [5, 5.41) is 2.85. The third-order valence-electron chi connectivity index (χ3n) is 6.28. The Kier molecular flexibility index (Phi) is 6.98. The second-order valence-electron chi connectivity index (χ2n) is 8.48. The molecule has 5 nitrogen and oxygen atoms in total. The Balaban J connectivity index is 1.46. The largest absolute Gasteiger partial charge is 0.339 e. The molecule has 3 aromatic carbocycles. The van der Waals surface area contributed by atoms with Gasteiger partial charge >= 0.3 is 0 Å². The van der Waals surface area contributed by atoms with Gasteiger partial charge in [0.05, 0.1) is 5.56 Å². The first-order valence-electron chi connectivity index (χ1n) is 11.4. The molecule has 0 radical (unpaired) electrons. The van der Waals surface area contributed by atoms with Gasteiger partial charge < -0.3 is 10.2 Å². The van der Waals surface area contributed by atoms with E-state index in [1.165, 1.54) is 19.3 Å². The molecular formula is C28H28N2O3. The molecular weight excluding hydrogens is 412 g/mol. The zero-order chi connectivity index (χ0) is 23.2. The monoisotopic (exact) mass is 440 g/mol. The minimum atomic E-state index is -0.367. The van der Waals surface area contributed by atoms with Crippen molar-refractivity contribution in [3.63, 3.8) is 0 Å². The molecule has 0 saturated heterocycles. The van der Waals surface area contributed by atoms with Gasteiger partial charge in [-0.3, -0.25) is 14.4 Å². The fraction of sp³-hybridized carbons (Fsp3) is 0.250. The summed E-state index contributed by atoms with van der Waals surface area (Å²) in [6, 6.07) is 22.9. The number of amides is 2. The van der Waals surface area contributed by atoms with Crippen molar-refractivity contribution in [2.24, 2.45) is 0 Å². The molecule has 0 heterocycles. The van der Waals surface area contributed by atoms with Crippen LogP contribution in [0.1, 0.15) is 68.7 Å². The molecule has 4 rings (SSSR count). The highest BCUT2D eigenvalue weighted by atomic mass is 16.2. The van der Waals surface area contributed by atoms with Crippen LogP contribution in [0.4, 0.5) is 5.69 Å². The number of nitrogens with zero attached hydrogens (tertiary/aromatic N) is 1. The normalized spacial score (nSPS) is 13.8. The van der Waals surface area contributed by atoms with Crippen LogP contribution >= 0.6 is 0 Å². The summed E-state index contributed by atoms with van der Waals surface area (Å²) >= 11 is 0. The Hall–Kier alpha value is -3.73. The second kappa shape index (κ2) is 10.3. The summed E-state index contributed by atoms with van der Waals surface area (Å²) in [6.45, 7) is 0. The van der Waals surface area contributed by atoms with E-state index < -0.39 is 0 Å². The summed E-state index contributed by atoms with van der Waals surface area (Å²) in [6.07, 6.45) is 5.69. The first-order valence-corrected chi connectivity index (χ1v) is 11.4. The topological polar surface area (TPSA) is 66.5 Å². The van der Waals surface area contributed by atoms with Gasteiger partial charge in [0, 0.05) is 35.5 Å². The van der Waals surface area contributed by atoms with E-state index in [9.17, 15) is 14.4 Å². The average molecular weight is 441 g/mol. The van der Waals surface area contributed by atoms with E-state index in [-0.39, 0.29) is 17.6 Å². The standard InChI is InChI=1S/C28H28N2O3/c1-30(23-12-6-3-7-13-23)28(33)21-16-18-22(19-17-21)29-27(32)25-15-9-8-14-24(25)26(31)20-10-4-2-5-11-20/h2,4-5,8-11,14-19,23H,3,6-7,12-13H2,1H3,(H,29,32). The van der Waals surface area contributed by atoms with Crippen LogP contribution in [0.5, 0.6) is 0 Å². The van der Waals surface area contributed by atoms with Gasteiger partial charge in [-0.05, 0) is 43.2 Å². The number of nitrogens with one attached hydrogen (secondary N) is 1. The first-order chi connectivity index (χ1) is 16.0. The van der Waals surface area contributed by atoms with Crippen molar-refractivity contribution >= 4 is 23.3 Å². The summed E-state index contributed by atoms with van der Waals surface area (Å²) in [5.41, 5.74) is 2.35. The van der Waals surface area contributed by atoms with Gasteiger partial charge in [-0.1, -0.05) is 67.8 Å². The fourth-order valence-electron chi connectivity index (χ4n) is 4.36. The van der Waals surface area contributed by atoms with Crippen LogP contribution in [0.3, 0.4) is 0 Å². The molecule has 33 heavy (non-hydrogen) atoms. The van der Waals surface area contributed by atoms with Crippen molar-refractivity contribution in [2.45, 2.75) is 38.1 Å². The molecule has 5 heteroatoms. The number of carbonyl (C=O) groups excluding carboxylic acids is 3. The van der Waals surface area contributed by atoms with Crippen LogP contribution in [0.2, 0.25) is 0 Å². The molecule has 0 bridgehead atoms. The maximum absolute atomic E-state index is 13.0. The number of rotatable bonds is 6. The molecule has 1 aliphatic carbocycles. The van der Waals surface area contributed by atoms with E-state index in [0.717, 1.165) is 12.8 Å². The molecule has 0 unspecified atom stereocenters. The van der Waals surface area contributed by atoms with Crippen LogP contribution in [-0.2, 0) is 0 Å². The van der Waals surface area contributed by atoms with E-state index in [4.69, 9.17) is 0 Å². The SMILES string of the molecule is CN(C(=O)c1ccc(NC(=O)c2ccccc2C(=O)c2ccccc2)cc1)C1CCCCC1. The Morgan fingerprint density at radius 1 is 0.727 bits per heavy atom. The third-order valence-corrected chi connectivity index (χ3v) is 6.28. The number of carbonyl (C=O) groups is 3. The summed E-state index contributed by atoms with van der Waals surface area (Å²) in [5.74, 6) is -0.570. The number of ketones is 1. The molecule has 1 aliphatic rings. The number of hydrogen-bond donors (Lipinski definition) is 1. The summed E-state index contributed by atoms with van der Waals surface area (Å²) in [4.78, 5) is 40.6. The molecule has 0 aliphatic heterocycles. The Morgan fingerprint density at radius 2 is 1.33 bits per heavy atom. The third kappa shape index (κ3) is 5.20. The highest BCUT2D eigenvalue weighted by molar-refractivity contribution is 6.17. The van der Waals surface area contributed by atoms with E-state index in [2.05, 4.69) is 5.32 Å². The quantitative estimate of drug-likeness (QED) is 0.509. The molecule has 0 atom stereocenters. The van der Waals surface area contributed by atoms with Crippen LogP contribution in [0.15, 0.2) is 78.9 Å². The van der Waals surface area contributed by atoms with Gasteiger partial charge in [0.25, 0.3) is 11.8 Å². The molecule has 3 aromatic rings. The predicted molar refractivity (Wildman–Crippen MR) is 130 cm³/mol. The van der Waals surface area contributed by atoms with Crippen LogP contribution in [0.25, 0.3) is 0 Å². The zero-order valence-corrected chi connectivity index (χ0v) is 18.8. The Morgan fingerprint density at radius 3 is 2.00 bits per heavy atom. The van der Waals surface area contributed by atoms with Gasteiger partial charge in [-0.15, -0.1) is 0 Å². The molecule has 0 aromatic heterocycles. The Bertz CT molecular complexity index is 1130. The molecule has 168 valence electrons. The molecule has 2 amide bonds. The molecule has 1 N–H and O–H groups in total. The van der Waals surface area contributed by atoms with Gasteiger partial charge in [0.1, 0.15) is 0 Å². The lowest BCUT2D eigenvalue weighted by molar-refractivity contribution is 0.0696. The summed E-state index contributed by atoms with van der Waals surface area (Å²) in [7, 11) is 1.87. The van der Waals surface area contributed by atoms with Gasteiger partial charge in [0.2, 0.25) is 0 Å². The van der Waals surface area contributed by atoms with Gasteiger partial charge in [0.15, 0.2) is 5.78 Å².